The average Bonchev–Trinajstić information content (AvgIpc) is 2.24. The number of rotatable bonds is 4. The van der Waals surface area contributed by atoms with Crippen LogP contribution in [-0.4, -0.2) is 17.6 Å². The van der Waals surface area contributed by atoms with Crippen molar-refractivity contribution in [3.8, 4) is 0 Å². The molecule has 0 saturated carbocycles. The smallest absolute Gasteiger partial charge is 0.307 e. The maximum atomic E-state index is 11.3. The molecule has 0 bridgehead atoms. The Labute approximate surface area is 114 Å². The van der Waals surface area contributed by atoms with Crippen molar-refractivity contribution in [2.45, 2.75) is 19.4 Å². The summed E-state index contributed by atoms with van der Waals surface area (Å²) in [4.78, 5) is 15.1. The van der Waals surface area contributed by atoms with Crippen molar-refractivity contribution in [2.75, 3.05) is 6.61 Å². The summed E-state index contributed by atoms with van der Waals surface area (Å²) in [5, 5.41) is 0.539. The summed E-state index contributed by atoms with van der Waals surface area (Å²) in [5.41, 5.74) is 6.24. The normalized spacial score (nSPS) is 12.3. The van der Waals surface area contributed by atoms with Gasteiger partial charge in [0.25, 0.3) is 0 Å². The largest absolute Gasteiger partial charge is 0.466 e. The van der Waals surface area contributed by atoms with Crippen molar-refractivity contribution in [1.82, 2.24) is 4.98 Å². The topological polar surface area (TPSA) is 65.2 Å². The molecule has 1 rings (SSSR count). The third kappa shape index (κ3) is 3.71. The second kappa shape index (κ2) is 6.40. The molecule has 94 valence electrons. The monoisotopic (exact) mass is 296 g/mol. The summed E-state index contributed by atoms with van der Waals surface area (Å²) < 4.78 is 4.79. The van der Waals surface area contributed by atoms with Crippen LogP contribution in [-0.2, 0) is 9.53 Å². The van der Waals surface area contributed by atoms with Crippen LogP contribution in [0.15, 0.2) is 6.20 Å². The zero-order valence-corrected chi connectivity index (χ0v) is 11.3. The number of aromatic nitrogens is 1. The standard InChI is InChI=1S/C10H11Cl3N2O2/c1-2-17-7(16)3-6(14)8-5(11)4-15-10(13)9(8)12/h4,6H,2-3,14H2,1H3/t6-/m0/s1. The molecule has 1 atom stereocenters. The van der Waals surface area contributed by atoms with Gasteiger partial charge in [0.05, 0.1) is 23.1 Å². The Kier molecular flexibility index (Phi) is 5.46. The van der Waals surface area contributed by atoms with E-state index in [1.165, 1.54) is 6.20 Å². The van der Waals surface area contributed by atoms with Gasteiger partial charge in [0.1, 0.15) is 5.15 Å². The van der Waals surface area contributed by atoms with Gasteiger partial charge < -0.3 is 10.5 Å². The van der Waals surface area contributed by atoms with Gasteiger partial charge in [-0.3, -0.25) is 4.79 Å². The van der Waals surface area contributed by atoms with Crippen LogP contribution in [0.25, 0.3) is 0 Å². The first-order chi connectivity index (χ1) is 7.97. The maximum absolute atomic E-state index is 11.3. The van der Waals surface area contributed by atoms with E-state index in [0.717, 1.165) is 0 Å². The van der Waals surface area contributed by atoms with E-state index in [0.29, 0.717) is 12.2 Å². The van der Waals surface area contributed by atoms with Gasteiger partial charge in [-0.2, -0.15) is 0 Å². The molecule has 1 heterocycles. The fraction of sp³-hybridized carbons (Fsp3) is 0.400. The minimum absolute atomic E-state index is 0.0202. The van der Waals surface area contributed by atoms with Crippen molar-refractivity contribution in [3.63, 3.8) is 0 Å². The highest BCUT2D eigenvalue weighted by atomic mass is 35.5. The molecule has 0 aliphatic rings. The number of esters is 1. The summed E-state index contributed by atoms with van der Waals surface area (Å²) in [5.74, 6) is -0.417. The number of hydrogen-bond acceptors (Lipinski definition) is 4. The van der Waals surface area contributed by atoms with Crippen molar-refractivity contribution in [2.24, 2.45) is 5.73 Å². The molecule has 0 spiro atoms. The number of pyridine rings is 1. The number of halogens is 3. The van der Waals surface area contributed by atoms with Crippen molar-refractivity contribution < 1.29 is 9.53 Å². The molecule has 0 aromatic carbocycles. The number of nitrogens with two attached hydrogens (primary N) is 1. The van der Waals surface area contributed by atoms with Gasteiger partial charge in [0, 0.05) is 17.8 Å². The zero-order valence-electron chi connectivity index (χ0n) is 9.04. The van der Waals surface area contributed by atoms with E-state index in [2.05, 4.69) is 4.98 Å². The first kappa shape index (κ1) is 14.5. The van der Waals surface area contributed by atoms with Crippen LogP contribution in [0.4, 0.5) is 0 Å². The van der Waals surface area contributed by atoms with E-state index in [-0.39, 0.29) is 21.6 Å². The van der Waals surface area contributed by atoms with Gasteiger partial charge >= 0.3 is 5.97 Å². The number of carbonyl (C=O) groups is 1. The molecular weight excluding hydrogens is 286 g/mol. The second-order valence-corrected chi connectivity index (χ2v) is 4.38. The molecular formula is C10H11Cl3N2O2. The highest BCUT2D eigenvalue weighted by molar-refractivity contribution is 6.43. The van der Waals surface area contributed by atoms with E-state index >= 15 is 0 Å². The fourth-order valence-electron chi connectivity index (χ4n) is 1.30. The Morgan fingerprint density at radius 1 is 1.53 bits per heavy atom. The lowest BCUT2D eigenvalue weighted by Gasteiger charge is -2.14. The van der Waals surface area contributed by atoms with Gasteiger partial charge in [0.2, 0.25) is 0 Å². The third-order valence-corrected chi connectivity index (χ3v) is 3.10. The van der Waals surface area contributed by atoms with Crippen LogP contribution in [0.5, 0.6) is 0 Å². The molecule has 0 aliphatic carbocycles. The SMILES string of the molecule is CCOC(=O)C[C@H](N)c1c(Cl)cnc(Cl)c1Cl. The molecule has 0 radical (unpaired) electrons. The first-order valence-electron chi connectivity index (χ1n) is 4.88. The molecule has 17 heavy (non-hydrogen) atoms. The minimum Gasteiger partial charge on any atom is -0.466 e. The third-order valence-electron chi connectivity index (χ3n) is 2.03. The lowest BCUT2D eigenvalue weighted by atomic mass is 10.1. The summed E-state index contributed by atoms with van der Waals surface area (Å²) in [7, 11) is 0. The number of nitrogens with zero attached hydrogens (tertiary/aromatic N) is 1. The van der Waals surface area contributed by atoms with E-state index in [1.54, 1.807) is 6.92 Å². The van der Waals surface area contributed by atoms with E-state index in [4.69, 9.17) is 45.3 Å². The summed E-state index contributed by atoms with van der Waals surface area (Å²) in [6.45, 7) is 2.01. The minimum atomic E-state index is -0.672. The van der Waals surface area contributed by atoms with E-state index < -0.39 is 12.0 Å². The second-order valence-electron chi connectivity index (χ2n) is 3.24. The van der Waals surface area contributed by atoms with Crippen LogP contribution < -0.4 is 5.73 Å². The maximum Gasteiger partial charge on any atom is 0.307 e. The van der Waals surface area contributed by atoms with Crippen molar-refractivity contribution in [3.05, 3.63) is 27.0 Å². The van der Waals surface area contributed by atoms with E-state index in [1.807, 2.05) is 0 Å². The number of ether oxygens (including phenoxy) is 1. The Bertz CT molecular complexity index is 426. The fourth-order valence-corrected chi connectivity index (χ4v) is 2.07. The lowest BCUT2D eigenvalue weighted by molar-refractivity contribution is -0.143. The number of carbonyl (C=O) groups excluding carboxylic acids is 1. The van der Waals surface area contributed by atoms with E-state index in [9.17, 15) is 4.79 Å². The first-order valence-corrected chi connectivity index (χ1v) is 6.01. The lowest BCUT2D eigenvalue weighted by Crippen LogP contribution is -2.18. The molecule has 1 aromatic heterocycles. The molecule has 7 heteroatoms. The highest BCUT2D eigenvalue weighted by Gasteiger charge is 2.20. The Balaban J connectivity index is 2.92. The van der Waals surface area contributed by atoms with Gasteiger partial charge in [-0.05, 0) is 6.92 Å². The predicted molar refractivity (Wildman–Crippen MR) is 67.4 cm³/mol. The van der Waals surface area contributed by atoms with Gasteiger partial charge in [-0.15, -0.1) is 0 Å². The Morgan fingerprint density at radius 2 is 2.18 bits per heavy atom. The molecule has 0 amide bonds. The summed E-state index contributed by atoms with van der Waals surface area (Å²) in [6.07, 6.45) is 1.32. The number of hydrogen-bond donors (Lipinski definition) is 1. The molecule has 4 nitrogen and oxygen atoms in total. The molecule has 0 saturated heterocycles. The van der Waals surface area contributed by atoms with Gasteiger partial charge in [-0.25, -0.2) is 4.98 Å². The van der Waals surface area contributed by atoms with Crippen LogP contribution in [0.3, 0.4) is 0 Å². The highest BCUT2D eigenvalue weighted by Crippen LogP contribution is 2.34. The van der Waals surface area contributed by atoms with Crippen molar-refractivity contribution >= 4 is 40.8 Å². The molecule has 2 N–H and O–H groups in total. The summed E-state index contributed by atoms with van der Waals surface area (Å²) >= 11 is 17.6. The molecule has 0 aliphatic heterocycles. The van der Waals surface area contributed by atoms with Crippen molar-refractivity contribution in [1.29, 1.82) is 0 Å². The van der Waals surface area contributed by atoms with Gasteiger partial charge in [0.15, 0.2) is 0 Å². The molecule has 0 fully saturated rings. The van der Waals surface area contributed by atoms with Crippen LogP contribution in [0, 0.1) is 0 Å². The predicted octanol–water partition coefficient (Wildman–Crippen LogP) is 2.99. The zero-order chi connectivity index (χ0) is 13.0. The Hall–Kier alpha value is -0.550. The van der Waals surface area contributed by atoms with Crippen LogP contribution >= 0.6 is 34.8 Å². The average molecular weight is 298 g/mol. The van der Waals surface area contributed by atoms with Crippen LogP contribution in [0.1, 0.15) is 24.9 Å². The summed E-state index contributed by atoms with van der Waals surface area (Å²) in [6, 6.07) is -0.672. The molecule has 0 unspecified atom stereocenters. The van der Waals surface area contributed by atoms with Gasteiger partial charge in [-0.1, -0.05) is 34.8 Å². The quantitative estimate of drug-likeness (QED) is 0.685. The van der Waals surface area contributed by atoms with Crippen LogP contribution in [0.2, 0.25) is 15.2 Å². The Morgan fingerprint density at radius 3 is 2.76 bits per heavy atom. The molecule has 1 aromatic rings.